The third-order valence-corrected chi connectivity index (χ3v) is 3.19. The molecule has 3 nitrogen and oxygen atoms in total. The summed E-state index contributed by atoms with van der Waals surface area (Å²) < 4.78 is 0.788. The van der Waals surface area contributed by atoms with E-state index in [1.165, 1.54) is 0 Å². The summed E-state index contributed by atoms with van der Waals surface area (Å²) in [5.74, 6) is 0.270. The minimum absolute atomic E-state index is 0.270. The van der Waals surface area contributed by atoms with Crippen LogP contribution in [-0.2, 0) is 0 Å². The summed E-state index contributed by atoms with van der Waals surface area (Å²) in [4.78, 5) is 4.30. The highest BCUT2D eigenvalue weighted by Crippen LogP contribution is 2.20. The summed E-state index contributed by atoms with van der Waals surface area (Å²) in [5.41, 5.74) is 2.33. The molecule has 0 aliphatic rings. The number of rotatable bonds is 2. The number of halogens is 1. The number of aliphatic imine (C=N–C) groups is 1. The average Bonchev–Trinajstić information content (AvgIpc) is 2.41. The maximum atomic E-state index is 9.40. The van der Waals surface area contributed by atoms with E-state index in [2.05, 4.69) is 33.7 Å². The number of nitrogens with zero attached hydrogens (tertiary/aromatic N) is 2. The highest BCUT2D eigenvalue weighted by Gasteiger charge is 1.97. The highest BCUT2D eigenvalue weighted by molar-refractivity contribution is 14.1. The first kappa shape index (κ1) is 12.6. The smallest absolute Gasteiger partial charge is 0.128 e. The molecule has 18 heavy (non-hydrogen) atoms. The van der Waals surface area contributed by atoms with Crippen LogP contribution in [0, 0.1) is 14.9 Å². The van der Waals surface area contributed by atoms with E-state index < -0.39 is 0 Å². The van der Waals surface area contributed by atoms with Gasteiger partial charge >= 0.3 is 0 Å². The summed E-state index contributed by atoms with van der Waals surface area (Å²) in [5, 5.41) is 18.1. The summed E-state index contributed by atoms with van der Waals surface area (Å²) in [6.07, 6.45) is 1.73. The number of phenolic OH excluding ortho intramolecular Hbond substituents is 1. The van der Waals surface area contributed by atoms with E-state index in [4.69, 9.17) is 5.26 Å². The molecule has 0 aromatic heterocycles. The van der Waals surface area contributed by atoms with Crippen molar-refractivity contribution < 1.29 is 5.11 Å². The van der Waals surface area contributed by atoms with Crippen molar-refractivity contribution in [3.05, 3.63) is 57.2 Å². The minimum atomic E-state index is 0.270. The van der Waals surface area contributed by atoms with Crippen LogP contribution in [0.5, 0.6) is 5.75 Å². The number of hydrogen-bond acceptors (Lipinski definition) is 3. The fourth-order valence-corrected chi connectivity index (χ4v) is 1.91. The fourth-order valence-electron chi connectivity index (χ4n) is 1.37. The van der Waals surface area contributed by atoms with E-state index in [1.54, 1.807) is 42.6 Å². The molecule has 0 aliphatic heterocycles. The van der Waals surface area contributed by atoms with Gasteiger partial charge in [0.1, 0.15) is 5.75 Å². The molecule has 0 saturated heterocycles. The number of phenols is 1. The van der Waals surface area contributed by atoms with Crippen LogP contribution in [0.15, 0.2) is 47.5 Å². The highest BCUT2D eigenvalue weighted by atomic mass is 127. The normalized spacial score (nSPS) is 10.4. The van der Waals surface area contributed by atoms with Gasteiger partial charge < -0.3 is 5.11 Å². The van der Waals surface area contributed by atoms with E-state index in [0.717, 1.165) is 14.8 Å². The summed E-state index contributed by atoms with van der Waals surface area (Å²) in [6.45, 7) is 0. The molecule has 0 spiro atoms. The van der Waals surface area contributed by atoms with Gasteiger partial charge in [0, 0.05) is 6.21 Å². The van der Waals surface area contributed by atoms with Crippen LogP contribution in [0.25, 0.3) is 0 Å². The molecule has 0 unspecified atom stereocenters. The first-order valence-corrected chi connectivity index (χ1v) is 6.29. The first-order chi connectivity index (χ1) is 8.69. The van der Waals surface area contributed by atoms with Crippen LogP contribution in [-0.4, -0.2) is 11.3 Å². The van der Waals surface area contributed by atoms with Crippen LogP contribution >= 0.6 is 22.6 Å². The molecule has 2 aromatic carbocycles. The van der Waals surface area contributed by atoms with Gasteiger partial charge in [-0.15, -0.1) is 0 Å². The number of hydrogen-bond donors (Lipinski definition) is 1. The van der Waals surface area contributed by atoms with Crippen molar-refractivity contribution in [2.75, 3.05) is 0 Å². The molecule has 0 saturated carbocycles. The second kappa shape index (κ2) is 5.65. The fraction of sp³-hybridized carbons (Fsp3) is 0. The van der Waals surface area contributed by atoms with Crippen LogP contribution in [0.2, 0.25) is 0 Å². The second-order valence-electron chi connectivity index (χ2n) is 3.63. The molecule has 4 heteroatoms. The van der Waals surface area contributed by atoms with Crippen LogP contribution in [0.4, 0.5) is 5.69 Å². The van der Waals surface area contributed by atoms with Gasteiger partial charge in [0.25, 0.3) is 0 Å². The maximum absolute atomic E-state index is 9.40. The lowest BCUT2D eigenvalue weighted by molar-refractivity contribution is 0.471. The van der Waals surface area contributed by atoms with Gasteiger partial charge in [-0.1, -0.05) is 0 Å². The largest absolute Gasteiger partial charge is 0.507 e. The number of aromatic hydroxyl groups is 1. The molecule has 0 atom stereocenters. The van der Waals surface area contributed by atoms with E-state index in [0.29, 0.717) is 5.56 Å². The van der Waals surface area contributed by atoms with Crippen LogP contribution < -0.4 is 0 Å². The standard InChI is InChI=1S/C14H9IN2O/c15-13-7-11(3-6-14(13)18)9-17-12-4-1-10(8-16)2-5-12/h1-7,9,18H. The summed E-state index contributed by atoms with van der Waals surface area (Å²) in [7, 11) is 0. The Hall–Kier alpha value is -1.87. The number of nitriles is 1. The van der Waals surface area contributed by atoms with Crippen molar-refractivity contribution in [2.45, 2.75) is 0 Å². The van der Waals surface area contributed by atoms with Crippen molar-refractivity contribution in [2.24, 2.45) is 4.99 Å². The molecular weight excluding hydrogens is 339 g/mol. The van der Waals surface area contributed by atoms with Crippen molar-refractivity contribution in [3.63, 3.8) is 0 Å². The van der Waals surface area contributed by atoms with E-state index in [1.807, 2.05) is 6.07 Å². The minimum Gasteiger partial charge on any atom is -0.507 e. The number of benzene rings is 2. The third kappa shape index (κ3) is 3.08. The molecule has 2 rings (SSSR count). The molecule has 0 amide bonds. The maximum Gasteiger partial charge on any atom is 0.128 e. The van der Waals surface area contributed by atoms with Gasteiger partial charge in [0.15, 0.2) is 0 Å². The Morgan fingerprint density at radius 3 is 2.50 bits per heavy atom. The molecule has 0 aliphatic carbocycles. The van der Waals surface area contributed by atoms with Crippen molar-refractivity contribution in [3.8, 4) is 11.8 Å². The van der Waals surface area contributed by atoms with Crippen molar-refractivity contribution in [1.29, 1.82) is 5.26 Å². The Kier molecular flexibility index (Phi) is 3.95. The topological polar surface area (TPSA) is 56.4 Å². The van der Waals surface area contributed by atoms with E-state index in [9.17, 15) is 5.11 Å². The Morgan fingerprint density at radius 2 is 1.89 bits per heavy atom. The van der Waals surface area contributed by atoms with E-state index in [-0.39, 0.29) is 5.75 Å². The lowest BCUT2D eigenvalue weighted by Crippen LogP contribution is -1.82. The third-order valence-electron chi connectivity index (χ3n) is 2.33. The van der Waals surface area contributed by atoms with Gasteiger partial charge in [-0.3, -0.25) is 4.99 Å². The van der Waals surface area contributed by atoms with Gasteiger partial charge in [0.2, 0.25) is 0 Å². The molecule has 0 fully saturated rings. The van der Waals surface area contributed by atoms with Gasteiger partial charge in [-0.25, -0.2) is 0 Å². The molecule has 88 valence electrons. The van der Waals surface area contributed by atoms with Gasteiger partial charge in [-0.2, -0.15) is 5.26 Å². The molecule has 0 bridgehead atoms. The predicted molar refractivity (Wildman–Crippen MR) is 79.2 cm³/mol. The Morgan fingerprint density at radius 1 is 1.17 bits per heavy atom. The first-order valence-electron chi connectivity index (χ1n) is 5.22. The van der Waals surface area contributed by atoms with Crippen LogP contribution in [0.3, 0.4) is 0 Å². The quantitative estimate of drug-likeness (QED) is 0.666. The molecule has 1 N–H and O–H groups in total. The Balaban J connectivity index is 2.19. The van der Waals surface area contributed by atoms with E-state index >= 15 is 0 Å². The van der Waals surface area contributed by atoms with Gasteiger partial charge in [0.05, 0.1) is 20.9 Å². The average molecular weight is 348 g/mol. The molecule has 2 aromatic rings. The Bertz CT molecular complexity index is 627. The Labute approximate surface area is 119 Å². The summed E-state index contributed by atoms with van der Waals surface area (Å²) >= 11 is 2.07. The summed E-state index contributed by atoms with van der Waals surface area (Å²) in [6, 6.07) is 14.4. The van der Waals surface area contributed by atoms with Crippen molar-refractivity contribution in [1.82, 2.24) is 0 Å². The van der Waals surface area contributed by atoms with Gasteiger partial charge in [-0.05, 0) is 70.6 Å². The van der Waals surface area contributed by atoms with Crippen molar-refractivity contribution >= 4 is 34.5 Å². The second-order valence-corrected chi connectivity index (χ2v) is 4.79. The SMILES string of the molecule is N#Cc1ccc(N=Cc2ccc(O)c(I)c2)cc1. The lowest BCUT2D eigenvalue weighted by Gasteiger charge is -1.98. The lowest BCUT2D eigenvalue weighted by atomic mass is 10.2. The monoisotopic (exact) mass is 348 g/mol. The molecule has 0 radical (unpaired) electrons. The molecule has 0 heterocycles. The zero-order valence-corrected chi connectivity index (χ0v) is 11.5. The molecular formula is C14H9IN2O. The van der Waals surface area contributed by atoms with Crippen LogP contribution in [0.1, 0.15) is 11.1 Å². The zero-order valence-electron chi connectivity index (χ0n) is 9.34. The zero-order chi connectivity index (χ0) is 13.0. The predicted octanol–water partition coefficient (Wildman–Crippen LogP) is 3.62.